The molecule has 0 fully saturated rings. The second-order valence-electron chi connectivity index (χ2n) is 5.85. The molecule has 2 aromatic carbocycles. The number of amides is 1. The summed E-state index contributed by atoms with van der Waals surface area (Å²) in [5.41, 5.74) is 3.84. The number of rotatable bonds is 3. The molecular formula is C17H18N2O3S. The number of likely N-dealkylation sites (N-methyl/N-ethyl adjacent to an activating group) is 1. The van der Waals surface area contributed by atoms with Crippen molar-refractivity contribution in [2.75, 3.05) is 16.7 Å². The summed E-state index contributed by atoms with van der Waals surface area (Å²) in [5.74, 6) is 0.00869. The maximum Gasteiger partial charge on any atom is 0.262 e. The zero-order valence-corrected chi connectivity index (χ0v) is 14.1. The second kappa shape index (κ2) is 5.38. The number of nitrogens with one attached hydrogen (secondary N) is 1. The Balaban J connectivity index is 1.93. The summed E-state index contributed by atoms with van der Waals surface area (Å²) in [4.78, 5) is 13.6. The zero-order valence-electron chi connectivity index (χ0n) is 13.3. The van der Waals surface area contributed by atoms with Crippen molar-refractivity contribution in [1.82, 2.24) is 0 Å². The molecule has 2 aromatic rings. The lowest BCUT2D eigenvalue weighted by Crippen LogP contribution is -2.20. The first kappa shape index (κ1) is 15.6. The first-order chi connectivity index (χ1) is 10.8. The molecule has 1 N–H and O–H groups in total. The van der Waals surface area contributed by atoms with Crippen LogP contribution in [-0.2, 0) is 21.2 Å². The maximum atomic E-state index is 12.6. The smallest absolute Gasteiger partial charge is 0.262 e. The Kier molecular flexibility index (Phi) is 3.64. The number of hydrogen-bond acceptors (Lipinski definition) is 3. The fourth-order valence-corrected chi connectivity index (χ4v) is 4.12. The van der Waals surface area contributed by atoms with E-state index in [4.69, 9.17) is 0 Å². The molecule has 1 heterocycles. The van der Waals surface area contributed by atoms with Gasteiger partial charge in [0.05, 0.1) is 11.3 Å². The van der Waals surface area contributed by atoms with E-state index in [0.717, 1.165) is 16.8 Å². The van der Waals surface area contributed by atoms with Gasteiger partial charge in [-0.05, 0) is 49.2 Å². The number of fused-ring (bicyclic) bond motifs is 1. The van der Waals surface area contributed by atoms with Crippen LogP contribution in [0.5, 0.6) is 0 Å². The molecule has 0 aromatic heterocycles. The zero-order chi connectivity index (χ0) is 16.8. The minimum Gasteiger partial charge on any atom is -0.315 e. The predicted octanol–water partition coefficient (Wildman–Crippen LogP) is 2.62. The van der Waals surface area contributed by atoms with E-state index in [1.54, 1.807) is 49.2 Å². The standard InChI is InChI=1S/C17H18N2O3S/c1-11-4-7-16(12(2)8-11)23(21,22)18-14-5-6-15-13(9-14)10-17(20)19(15)3/h4-9,18H,10H2,1-3H3. The number of sulfonamides is 1. The van der Waals surface area contributed by atoms with Crippen molar-refractivity contribution >= 4 is 27.3 Å². The summed E-state index contributed by atoms with van der Waals surface area (Å²) in [5, 5.41) is 0. The second-order valence-corrected chi connectivity index (χ2v) is 7.50. The monoisotopic (exact) mass is 330 g/mol. The van der Waals surface area contributed by atoms with E-state index in [9.17, 15) is 13.2 Å². The van der Waals surface area contributed by atoms with Crippen molar-refractivity contribution < 1.29 is 13.2 Å². The van der Waals surface area contributed by atoms with Gasteiger partial charge in [-0.1, -0.05) is 17.7 Å². The minimum absolute atomic E-state index is 0.00869. The highest BCUT2D eigenvalue weighted by molar-refractivity contribution is 7.92. The molecule has 5 nitrogen and oxygen atoms in total. The van der Waals surface area contributed by atoms with Crippen molar-refractivity contribution in [3.05, 3.63) is 53.1 Å². The van der Waals surface area contributed by atoms with Crippen molar-refractivity contribution in [2.24, 2.45) is 0 Å². The van der Waals surface area contributed by atoms with Crippen LogP contribution in [0.3, 0.4) is 0 Å². The van der Waals surface area contributed by atoms with Crippen LogP contribution in [0.15, 0.2) is 41.3 Å². The fourth-order valence-electron chi connectivity index (χ4n) is 2.84. The molecule has 0 aliphatic carbocycles. The van der Waals surface area contributed by atoms with Crippen molar-refractivity contribution in [3.63, 3.8) is 0 Å². The molecule has 0 atom stereocenters. The summed E-state index contributed by atoms with van der Waals surface area (Å²) in [6.07, 6.45) is 0.297. The Morgan fingerprint density at radius 1 is 1.09 bits per heavy atom. The lowest BCUT2D eigenvalue weighted by Gasteiger charge is -2.13. The molecule has 0 spiro atoms. The SMILES string of the molecule is Cc1ccc(S(=O)(=O)Nc2ccc3c(c2)CC(=O)N3C)c(C)c1. The number of aryl methyl sites for hydroxylation is 2. The summed E-state index contributed by atoms with van der Waals surface area (Å²) < 4.78 is 27.7. The third-order valence-electron chi connectivity index (χ3n) is 4.03. The Labute approximate surface area is 136 Å². The lowest BCUT2D eigenvalue weighted by atomic mass is 10.1. The first-order valence-electron chi connectivity index (χ1n) is 7.27. The predicted molar refractivity (Wildman–Crippen MR) is 90.3 cm³/mol. The van der Waals surface area contributed by atoms with Gasteiger partial charge in [0.25, 0.3) is 10.0 Å². The average molecular weight is 330 g/mol. The fraction of sp³-hybridized carbons (Fsp3) is 0.235. The third kappa shape index (κ3) is 2.82. The number of carbonyl (C=O) groups excluding carboxylic acids is 1. The van der Waals surface area contributed by atoms with Gasteiger partial charge in [-0.3, -0.25) is 9.52 Å². The van der Waals surface area contributed by atoms with Gasteiger partial charge in [0, 0.05) is 18.4 Å². The van der Waals surface area contributed by atoms with Gasteiger partial charge in [-0.25, -0.2) is 8.42 Å². The van der Waals surface area contributed by atoms with Crippen LogP contribution in [0.4, 0.5) is 11.4 Å². The average Bonchev–Trinajstić information content (AvgIpc) is 2.72. The largest absolute Gasteiger partial charge is 0.315 e. The normalized spacial score (nSPS) is 14.0. The highest BCUT2D eigenvalue weighted by Gasteiger charge is 2.25. The molecule has 3 rings (SSSR count). The van der Waals surface area contributed by atoms with Gasteiger partial charge < -0.3 is 4.90 Å². The van der Waals surface area contributed by atoms with Crippen LogP contribution in [0, 0.1) is 13.8 Å². The van der Waals surface area contributed by atoms with Gasteiger partial charge in [0.2, 0.25) is 5.91 Å². The minimum atomic E-state index is -3.65. The number of nitrogens with zero attached hydrogens (tertiary/aromatic N) is 1. The van der Waals surface area contributed by atoms with E-state index >= 15 is 0 Å². The van der Waals surface area contributed by atoms with Crippen LogP contribution in [0.25, 0.3) is 0 Å². The molecule has 0 unspecified atom stereocenters. The summed E-state index contributed by atoms with van der Waals surface area (Å²) in [7, 11) is -1.94. The van der Waals surface area contributed by atoms with Crippen LogP contribution >= 0.6 is 0 Å². The van der Waals surface area contributed by atoms with Gasteiger partial charge >= 0.3 is 0 Å². The lowest BCUT2D eigenvalue weighted by molar-refractivity contribution is -0.117. The molecule has 1 amide bonds. The molecule has 1 aliphatic rings. The molecule has 0 bridgehead atoms. The Bertz CT molecular complexity index is 904. The number of carbonyl (C=O) groups is 1. The summed E-state index contributed by atoms with van der Waals surface area (Å²) in [6, 6.07) is 10.4. The van der Waals surface area contributed by atoms with Gasteiger partial charge in [-0.2, -0.15) is 0 Å². The highest BCUT2D eigenvalue weighted by atomic mass is 32.2. The van der Waals surface area contributed by atoms with E-state index in [1.165, 1.54) is 0 Å². The van der Waals surface area contributed by atoms with E-state index in [1.807, 2.05) is 13.0 Å². The Morgan fingerprint density at radius 2 is 1.83 bits per heavy atom. The Morgan fingerprint density at radius 3 is 2.52 bits per heavy atom. The molecule has 6 heteroatoms. The van der Waals surface area contributed by atoms with Crippen LogP contribution < -0.4 is 9.62 Å². The topological polar surface area (TPSA) is 66.5 Å². The molecular weight excluding hydrogens is 312 g/mol. The summed E-state index contributed by atoms with van der Waals surface area (Å²) >= 11 is 0. The van der Waals surface area contributed by atoms with E-state index in [0.29, 0.717) is 17.7 Å². The van der Waals surface area contributed by atoms with Gasteiger partial charge in [0.1, 0.15) is 0 Å². The number of benzene rings is 2. The summed E-state index contributed by atoms with van der Waals surface area (Å²) in [6.45, 7) is 3.70. The van der Waals surface area contributed by atoms with Gasteiger partial charge in [-0.15, -0.1) is 0 Å². The molecule has 0 saturated carbocycles. The number of anilines is 2. The van der Waals surface area contributed by atoms with E-state index < -0.39 is 10.0 Å². The van der Waals surface area contributed by atoms with Crippen molar-refractivity contribution in [3.8, 4) is 0 Å². The maximum absolute atomic E-state index is 12.6. The van der Waals surface area contributed by atoms with Gasteiger partial charge in [0.15, 0.2) is 0 Å². The van der Waals surface area contributed by atoms with Crippen molar-refractivity contribution in [1.29, 1.82) is 0 Å². The molecule has 1 aliphatic heterocycles. The van der Waals surface area contributed by atoms with Crippen molar-refractivity contribution in [2.45, 2.75) is 25.2 Å². The number of hydrogen-bond donors (Lipinski definition) is 1. The molecule has 120 valence electrons. The molecule has 0 radical (unpaired) electrons. The van der Waals surface area contributed by atoms with E-state index in [-0.39, 0.29) is 10.8 Å². The van der Waals surface area contributed by atoms with E-state index in [2.05, 4.69) is 4.72 Å². The van der Waals surface area contributed by atoms with Crippen LogP contribution in [0.1, 0.15) is 16.7 Å². The quantitative estimate of drug-likeness (QED) is 0.941. The first-order valence-corrected chi connectivity index (χ1v) is 8.76. The highest BCUT2D eigenvalue weighted by Crippen LogP contribution is 2.31. The molecule has 0 saturated heterocycles. The Hall–Kier alpha value is -2.34. The third-order valence-corrected chi connectivity index (χ3v) is 5.57. The van der Waals surface area contributed by atoms with Crippen LogP contribution in [-0.4, -0.2) is 21.4 Å². The molecule has 23 heavy (non-hydrogen) atoms. The van der Waals surface area contributed by atoms with Crippen LogP contribution in [0.2, 0.25) is 0 Å².